The van der Waals surface area contributed by atoms with Crippen molar-refractivity contribution in [3.8, 4) is 0 Å². The molecule has 1 heterocycles. The van der Waals surface area contributed by atoms with Gasteiger partial charge in [-0.05, 0) is 52.3 Å². The molecule has 0 radical (unpaired) electrons. The Bertz CT molecular complexity index is 826. The Morgan fingerprint density at radius 2 is 1.85 bits per heavy atom. The zero-order valence-electron chi connectivity index (χ0n) is 10.1. The van der Waals surface area contributed by atoms with Gasteiger partial charge in [-0.1, -0.05) is 15.9 Å². The van der Waals surface area contributed by atoms with Crippen molar-refractivity contribution in [3.63, 3.8) is 0 Å². The molecule has 0 aliphatic heterocycles. The Hall–Kier alpha value is -1.46. The molecule has 3 aromatic rings. The van der Waals surface area contributed by atoms with Crippen LogP contribution in [0.1, 0.15) is 15.9 Å². The molecule has 2 aromatic carbocycles. The Labute approximate surface area is 131 Å². The standard InChI is InChI=1S/C15H8Br2FNO/c16-8-1-3-10(13(17)5-8)15(20)12-7-19-14-4-2-9(18)6-11(12)14/h1-7,19H. The Morgan fingerprint density at radius 1 is 1.05 bits per heavy atom. The molecule has 0 bridgehead atoms. The van der Waals surface area contributed by atoms with Gasteiger partial charge in [0.2, 0.25) is 0 Å². The lowest BCUT2D eigenvalue weighted by molar-refractivity contribution is 0.103. The van der Waals surface area contributed by atoms with Gasteiger partial charge < -0.3 is 4.98 Å². The van der Waals surface area contributed by atoms with Crippen molar-refractivity contribution >= 4 is 48.5 Å². The van der Waals surface area contributed by atoms with Crippen molar-refractivity contribution in [3.05, 3.63) is 68.5 Å². The number of carbonyl (C=O) groups excluding carboxylic acids is 1. The van der Waals surface area contributed by atoms with Crippen molar-refractivity contribution < 1.29 is 9.18 Å². The number of H-pyrrole nitrogens is 1. The fraction of sp³-hybridized carbons (Fsp3) is 0. The molecule has 100 valence electrons. The van der Waals surface area contributed by atoms with E-state index in [4.69, 9.17) is 0 Å². The Kier molecular flexibility index (Phi) is 3.48. The van der Waals surface area contributed by atoms with Crippen LogP contribution in [0, 0.1) is 5.82 Å². The first-order chi connectivity index (χ1) is 9.56. The first-order valence-corrected chi connectivity index (χ1v) is 7.41. The van der Waals surface area contributed by atoms with Crippen molar-refractivity contribution in [2.45, 2.75) is 0 Å². The lowest BCUT2D eigenvalue weighted by atomic mass is 10.0. The van der Waals surface area contributed by atoms with Crippen LogP contribution < -0.4 is 0 Å². The minimum absolute atomic E-state index is 0.152. The monoisotopic (exact) mass is 395 g/mol. The molecule has 0 amide bonds. The third-order valence-electron chi connectivity index (χ3n) is 3.06. The number of aromatic amines is 1. The minimum Gasteiger partial charge on any atom is -0.360 e. The summed E-state index contributed by atoms with van der Waals surface area (Å²) in [5.74, 6) is -0.512. The van der Waals surface area contributed by atoms with Gasteiger partial charge in [-0.2, -0.15) is 0 Å². The van der Waals surface area contributed by atoms with Crippen molar-refractivity contribution in [1.29, 1.82) is 0 Å². The van der Waals surface area contributed by atoms with Crippen LogP contribution in [0.5, 0.6) is 0 Å². The smallest absolute Gasteiger partial charge is 0.196 e. The number of nitrogens with one attached hydrogen (secondary N) is 1. The van der Waals surface area contributed by atoms with E-state index >= 15 is 0 Å². The maximum atomic E-state index is 13.4. The van der Waals surface area contributed by atoms with E-state index in [1.54, 1.807) is 24.4 Å². The maximum Gasteiger partial charge on any atom is 0.196 e. The number of hydrogen-bond donors (Lipinski definition) is 1. The number of fused-ring (bicyclic) bond motifs is 1. The zero-order chi connectivity index (χ0) is 14.3. The maximum absolute atomic E-state index is 13.4. The van der Waals surface area contributed by atoms with Gasteiger partial charge in [0.05, 0.1) is 0 Å². The second-order valence-electron chi connectivity index (χ2n) is 4.35. The number of aromatic nitrogens is 1. The molecule has 20 heavy (non-hydrogen) atoms. The van der Waals surface area contributed by atoms with Crippen LogP contribution in [0.15, 0.2) is 51.5 Å². The van der Waals surface area contributed by atoms with Crippen LogP contribution in [-0.4, -0.2) is 10.8 Å². The number of rotatable bonds is 2. The molecule has 0 aliphatic rings. The molecule has 0 aliphatic carbocycles. The molecular formula is C15H8Br2FNO. The summed E-state index contributed by atoms with van der Waals surface area (Å²) in [6, 6.07) is 9.69. The second-order valence-corrected chi connectivity index (χ2v) is 6.12. The molecule has 2 nitrogen and oxygen atoms in total. The summed E-state index contributed by atoms with van der Waals surface area (Å²) in [7, 11) is 0. The van der Waals surface area contributed by atoms with Crippen molar-refractivity contribution in [1.82, 2.24) is 4.98 Å². The van der Waals surface area contributed by atoms with Gasteiger partial charge in [-0.3, -0.25) is 4.79 Å². The zero-order valence-corrected chi connectivity index (χ0v) is 13.3. The van der Waals surface area contributed by atoms with Gasteiger partial charge in [0.15, 0.2) is 5.78 Å². The number of halogens is 3. The fourth-order valence-corrected chi connectivity index (χ4v) is 3.33. The highest BCUT2D eigenvalue weighted by Crippen LogP contribution is 2.27. The normalized spacial score (nSPS) is 10.9. The van der Waals surface area contributed by atoms with Crippen molar-refractivity contribution in [2.75, 3.05) is 0 Å². The van der Waals surface area contributed by atoms with E-state index < -0.39 is 0 Å². The van der Waals surface area contributed by atoms with Gasteiger partial charge in [0, 0.05) is 37.2 Å². The molecule has 0 fully saturated rings. The van der Waals surface area contributed by atoms with E-state index in [1.165, 1.54) is 12.1 Å². The molecule has 0 saturated carbocycles. The van der Waals surface area contributed by atoms with Crippen LogP contribution in [0.3, 0.4) is 0 Å². The molecular weight excluding hydrogens is 389 g/mol. The van der Waals surface area contributed by atoms with Crippen LogP contribution in [0.4, 0.5) is 4.39 Å². The molecule has 3 rings (SSSR count). The topological polar surface area (TPSA) is 32.9 Å². The molecule has 5 heteroatoms. The quantitative estimate of drug-likeness (QED) is 0.603. The van der Waals surface area contributed by atoms with Gasteiger partial charge in [0.1, 0.15) is 5.82 Å². The largest absolute Gasteiger partial charge is 0.360 e. The molecule has 0 saturated heterocycles. The number of carbonyl (C=O) groups is 1. The summed E-state index contributed by atoms with van der Waals surface area (Å²) in [5, 5.41) is 0.588. The van der Waals surface area contributed by atoms with E-state index in [-0.39, 0.29) is 11.6 Å². The Morgan fingerprint density at radius 3 is 2.60 bits per heavy atom. The molecule has 0 unspecified atom stereocenters. The molecule has 0 spiro atoms. The van der Waals surface area contributed by atoms with Crippen LogP contribution in [0.25, 0.3) is 10.9 Å². The summed E-state index contributed by atoms with van der Waals surface area (Å²) >= 11 is 6.72. The lowest BCUT2D eigenvalue weighted by Crippen LogP contribution is -2.01. The predicted molar refractivity (Wildman–Crippen MR) is 83.5 cm³/mol. The highest BCUT2D eigenvalue weighted by molar-refractivity contribution is 9.11. The Balaban J connectivity index is 2.15. The summed E-state index contributed by atoms with van der Waals surface area (Å²) in [6.45, 7) is 0. The SMILES string of the molecule is O=C(c1ccc(Br)cc1Br)c1c[nH]c2ccc(F)cc12. The third-order valence-corrected chi connectivity index (χ3v) is 4.21. The predicted octanol–water partition coefficient (Wildman–Crippen LogP) is 5.06. The van der Waals surface area contributed by atoms with E-state index in [0.717, 1.165) is 9.99 Å². The number of hydrogen-bond acceptors (Lipinski definition) is 1. The molecule has 0 atom stereocenters. The number of ketones is 1. The van der Waals surface area contributed by atoms with E-state index in [0.29, 0.717) is 21.0 Å². The van der Waals surface area contributed by atoms with Crippen LogP contribution in [0.2, 0.25) is 0 Å². The first kappa shape index (κ1) is 13.5. The molecule has 1 aromatic heterocycles. The lowest BCUT2D eigenvalue weighted by Gasteiger charge is -2.03. The highest BCUT2D eigenvalue weighted by Gasteiger charge is 2.17. The second kappa shape index (κ2) is 5.14. The van der Waals surface area contributed by atoms with E-state index in [9.17, 15) is 9.18 Å². The van der Waals surface area contributed by atoms with E-state index in [2.05, 4.69) is 36.8 Å². The van der Waals surface area contributed by atoms with E-state index in [1.807, 2.05) is 6.07 Å². The summed E-state index contributed by atoms with van der Waals surface area (Å²) in [6.07, 6.45) is 1.61. The highest BCUT2D eigenvalue weighted by atomic mass is 79.9. The van der Waals surface area contributed by atoms with Crippen LogP contribution in [-0.2, 0) is 0 Å². The van der Waals surface area contributed by atoms with Gasteiger partial charge in [-0.25, -0.2) is 4.39 Å². The summed E-state index contributed by atoms with van der Waals surface area (Å²) in [4.78, 5) is 15.6. The molecule has 1 N–H and O–H groups in total. The van der Waals surface area contributed by atoms with Gasteiger partial charge >= 0.3 is 0 Å². The van der Waals surface area contributed by atoms with Crippen molar-refractivity contribution in [2.24, 2.45) is 0 Å². The minimum atomic E-state index is -0.360. The number of benzene rings is 2. The average Bonchev–Trinajstić information content (AvgIpc) is 2.81. The van der Waals surface area contributed by atoms with Gasteiger partial charge in [0.25, 0.3) is 0 Å². The van der Waals surface area contributed by atoms with Crippen LogP contribution >= 0.6 is 31.9 Å². The first-order valence-electron chi connectivity index (χ1n) is 5.82. The van der Waals surface area contributed by atoms with Gasteiger partial charge in [-0.15, -0.1) is 0 Å². The average molecular weight is 397 g/mol. The summed E-state index contributed by atoms with van der Waals surface area (Å²) < 4.78 is 14.9. The summed E-state index contributed by atoms with van der Waals surface area (Å²) in [5.41, 5.74) is 1.74. The third kappa shape index (κ3) is 2.31. The fourth-order valence-electron chi connectivity index (χ4n) is 2.10.